The molecule has 0 aliphatic carbocycles. The third kappa shape index (κ3) is 4.32. The van der Waals surface area contributed by atoms with Gasteiger partial charge in [0.1, 0.15) is 5.75 Å². The van der Waals surface area contributed by atoms with E-state index in [2.05, 4.69) is 5.32 Å². The zero-order valence-electron chi connectivity index (χ0n) is 13.5. The fourth-order valence-corrected chi connectivity index (χ4v) is 2.02. The van der Waals surface area contributed by atoms with E-state index in [-0.39, 0.29) is 11.8 Å². The van der Waals surface area contributed by atoms with Gasteiger partial charge in [-0.25, -0.2) is 0 Å². The molecule has 0 atom stereocenters. The van der Waals surface area contributed by atoms with E-state index in [1.54, 1.807) is 55.6 Å². The van der Waals surface area contributed by atoms with Gasteiger partial charge in [0.15, 0.2) is 0 Å². The number of ether oxygens (including phenoxy) is 1. The van der Waals surface area contributed by atoms with Crippen molar-refractivity contribution in [1.29, 1.82) is 0 Å². The summed E-state index contributed by atoms with van der Waals surface area (Å²) in [5.41, 5.74) is 2.00. The first-order chi connectivity index (χ1) is 11.0. The van der Waals surface area contributed by atoms with Crippen LogP contribution in [0.1, 0.15) is 24.2 Å². The van der Waals surface area contributed by atoms with Crippen molar-refractivity contribution >= 4 is 23.2 Å². The summed E-state index contributed by atoms with van der Waals surface area (Å²) in [5.74, 6) is 0.498. The molecule has 0 saturated heterocycles. The van der Waals surface area contributed by atoms with Gasteiger partial charge in [0, 0.05) is 30.9 Å². The largest absolute Gasteiger partial charge is 0.494 e. The number of hydrogen-bond acceptors (Lipinski definition) is 3. The molecule has 2 rings (SSSR count). The Morgan fingerprint density at radius 1 is 1.04 bits per heavy atom. The molecule has 0 radical (unpaired) electrons. The SMILES string of the molecule is CCOc1ccc(C(=O)Nc2ccc(N(C)C(C)=O)cc2)cc1. The van der Waals surface area contributed by atoms with Crippen molar-refractivity contribution in [3.63, 3.8) is 0 Å². The smallest absolute Gasteiger partial charge is 0.255 e. The van der Waals surface area contributed by atoms with Crippen molar-refractivity contribution in [1.82, 2.24) is 0 Å². The molecule has 0 unspecified atom stereocenters. The fourth-order valence-electron chi connectivity index (χ4n) is 2.02. The average molecular weight is 312 g/mol. The number of carbonyl (C=O) groups is 2. The van der Waals surface area contributed by atoms with E-state index < -0.39 is 0 Å². The Balaban J connectivity index is 2.03. The van der Waals surface area contributed by atoms with E-state index in [1.165, 1.54) is 11.8 Å². The maximum absolute atomic E-state index is 12.2. The minimum Gasteiger partial charge on any atom is -0.494 e. The lowest BCUT2D eigenvalue weighted by atomic mass is 10.2. The van der Waals surface area contributed by atoms with Crippen LogP contribution in [-0.4, -0.2) is 25.5 Å². The molecular formula is C18H20N2O3. The number of anilines is 2. The molecule has 2 aromatic carbocycles. The lowest BCUT2D eigenvalue weighted by Gasteiger charge is -2.15. The number of nitrogens with zero attached hydrogens (tertiary/aromatic N) is 1. The Morgan fingerprint density at radius 3 is 2.17 bits per heavy atom. The molecule has 2 amide bonds. The fraction of sp³-hybridized carbons (Fsp3) is 0.222. The summed E-state index contributed by atoms with van der Waals surface area (Å²) in [7, 11) is 1.70. The molecule has 5 nitrogen and oxygen atoms in total. The summed E-state index contributed by atoms with van der Waals surface area (Å²) in [4.78, 5) is 25.0. The number of nitrogens with one attached hydrogen (secondary N) is 1. The van der Waals surface area contributed by atoms with Gasteiger partial charge in [0.25, 0.3) is 5.91 Å². The normalized spacial score (nSPS) is 10.0. The maximum Gasteiger partial charge on any atom is 0.255 e. The summed E-state index contributed by atoms with van der Waals surface area (Å²) in [6, 6.07) is 14.1. The van der Waals surface area contributed by atoms with Gasteiger partial charge in [-0.2, -0.15) is 0 Å². The van der Waals surface area contributed by atoms with Gasteiger partial charge < -0.3 is 15.0 Å². The summed E-state index contributed by atoms with van der Waals surface area (Å²) in [5, 5.41) is 2.82. The van der Waals surface area contributed by atoms with E-state index in [4.69, 9.17) is 4.74 Å². The van der Waals surface area contributed by atoms with Crippen molar-refractivity contribution in [3.8, 4) is 5.75 Å². The molecule has 120 valence electrons. The first-order valence-corrected chi connectivity index (χ1v) is 7.40. The van der Waals surface area contributed by atoms with Crippen LogP contribution in [-0.2, 0) is 4.79 Å². The molecule has 0 aliphatic heterocycles. The molecule has 0 bridgehead atoms. The standard InChI is InChI=1S/C18H20N2O3/c1-4-23-17-11-5-14(6-12-17)18(22)19-15-7-9-16(10-8-15)20(3)13(2)21/h5-12H,4H2,1-3H3,(H,19,22). The van der Waals surface area contributed by atoms with Crippen LogP contribution in [0.4, 0.5) is 11.4 Å². The molecule has 0 fully saturated rings. The topological polar surface area (TPSA) is 58.6 Å². The molecule has 23 heavy (non-hydrogen) atoms. The molecule has 0 saturated carbocycles. The quantitative estimate of drug-likeness (QED) is 0.921. The zero-order valence-corrected chi connectivity index (χ0v) is 13.5. The van der Waals surface area contributed by atoms with Crippen LogP contribution in [0.3, 0.4) is 0 Å². The molecule has 2 aromatic rings. The minimum atomic E-state index is -0.194. The summed E-state index contributed by atoms with van der Waals surface area (Å²) in [6.07, 6.45) is 0. The second-order valence-corrected chi connectivity index (χ2v) is 5.04. The second kappa shape index (κ2) is 7.45. The maximum atomic E-state index is 12.2. The van der Waals surface area contributed by atoms with Gasteiger partial charge in [-0.1, -0.05) is 0 Å². The molecule has 0 spiro atoms. The van der Waals surface area contributed by atoms with Crippen molar-refractivity contribution in [2.45, 2.75) is 13.8 Å². The van der Waals surface area contributed by atoms with E-state index in [9.17, 15) is 9.59 Å². The molecule has 0 aromatic heterocycles. The number of rotatable bonds is 5. The van der Waals surface area contributed by atoms with Crippen LogP contribution in [0.25, 0.3) is 0 Å². The van der Waals surface area contributed by atoms with Crippen LogP contribution in [0.2, 0.25) is 0 Å². The Bertz CT molecular complexity index is 678. The Kier molecular flexibility index (Phi) is 5.36. The highest BCUT2D eigenvalue weighted by atomic mass is 16.5. The molecule has 0 aliphatic rings. The zero-order chi connectivity index (χ0) is 16.8. The Hall–Kier alpha value is -2.82. The van der Waals surface area contributed by atoms with Crippen LogP contribution in [0.15, 0.2) is 48.5 Å². The first-order valence-electron chi connectivity index (χ1n) is 7.40. The van der Waals surface area contributed by atoms with E-state index in [0.717, 1.165) is 11.4 Å². The second-order valence-electron chi connectivity index (χ2n) is 5.04. The predicted molar refractivity (Wildman–Crippen MR) is 91.1 cm³/mol. The number of hydrogen-bond donors (Lipinski definition) is 1. The average Bonchev–Trinajstić information content (AvgIpc) is 2.55. The van der Waals surface area contributed by atoms with Crippen LogP contribution in [0.5, 0.6) is 5.75 Å². The summed E-state index contributed by atoms with van der Waals surface area (Å²) in [6.45, 7) is 4.00. The molecular weight excluding hydrogens is 292 g/mol. The number of carbonyl (C=O) groups excluding carboxylic acids is 2. The van der Waals surface area contributed by atoms with Crippen LogP contribution >= 0.6 is 0 Å². The van der Waals surface area contributed by atoms with Gasteiger partial charge in [-0.05, 0) is 55.5 Å². The van der Waals surface area contributed by atoms with Crippen LogP contribution < -0.4 is 15.0 Å². The lowest BCUT2D eigenvalue weighted by Crippen LogP contribution is -2.22. The Labute approximate surface area is 135 Å². The molecule has 0 heterocycles. The van der Waals surface area contributed by atoms with Crippen molar-refractivity contribution < 1.29 is 14.3 Å². The van der Waals surface area contributed by atoms with E-state index in [1.807, 2.05) is 6.92 Å². The highest BCUT2D eigenvalue weighted by Gasteiger charge is 2.08. The van der Waals surface area contributed by atoms with Gasteiger partial charge in [-0.3, -0.25) is 9.59 Å². The highest BCUT2D eigenvalue weighted by Crippen LogP contribution is 2.18. The van der Waals surface area contributed by atoms with Gasteiger partial charge in [0.05, 0.1) is 6.61 Å². The van der Waals surface area contributed by atoms with Gasteiger partial charge in [0.2, 0.25) is 5.91 Å². The highest BCUT2D eigenvalue weighted by molar-refractivity contribution is 6.04. The number of amides is 2. The van der Waals surface area contributed by atoms with Crippen LogP contribution in [0, 0.1) is 0 Å². The summed E-state index contributed by atoms with van der Waals surface area (Å²) >= 11 is 0. The van der Waals surface area contributed by atoms with E-state index >= 15 is 0 Å². The van der Waals surface area contributed by atoms with Gasteiger partial charge in [-0.15, -0.1) is 0 Å². The molecule has 5 heteroatoms. The monoisotopic (exact) mass is 312 g/mol. The van der Waals surface area contributed by atoms with E-state index in [0.29, 0.717) is 17.9 Å². The Morgan fingerprint density at radius 2 is 1.65 bits per heavy atom. The summed E-state index contributed by atoms with van der Waals surface area (Å²) < 4.78 is 5.35. The number of benzene rings is 2. The third-order valence-electron chi connectivity index (χ3n) is 3.41. The third-order valence-corrected chi connectivity index (χ3v) is 3.41. The van der Waals surface area contributed by atoms with Crippen molar-refractivity contribution in [2.24, 2.45) is 0 Å². The lowest BCUT2D eigenvalue weighted by molar-refractivity contribution is -0.116. The molecule has 1 N–H and O–H groups in total. The first kappa shape index (κ1) is 16.5. The minimum absolute atomic E-state index is 0.0452. The van der Waals surface area contributed by atoms with Crippen molar-refractivity contribution in [2.75, 3.05) is 23.9 Å². The van der Waals surface area contributed by atoms with Crippen molar-refractivity contribution in [3.05, 3.63) is 54.1 Å². The predicted octanol–water partition coefficient (Wildman–Crippen LogP) is 3.32. The van der Waals surface area contributed by atoms with Gasteiger partial charge >= 0.3 is 0 Å².